The second-order valence-electron chi connectivity index (χ2n) is 9.52. The fourth-order valence-electron chi connectivity index (χ4n) is 5.15. The molecule has 0 aliphatic heterocycles. The number of carbonyl (C=O) groups excluding carboxylic acids is 2. The number of rotatable bonds is 2. The number of allylic oxidation sites excluding steroid dienone is 1. The Balaban J connectivity index is 1.38. The molecule has 0 spiro atoms. The molecule has 5 heteroatoms. The molecule has 0 N–H and O–H groups in total. The number of ketones is 2. The van der Waals surface area contributed by atoms with Gasteiger partial charge in [-0.25, -0.2) is 4.98 Å². The molecule has 0 bridgehead atoms. The predicted octanol–water partition coefficient (Wildman–Crippen LogP) is 6.38. The molecule has 0 unspecified atom stereocenters. The molecule has 39 heavy (non-hydrogen) atoms. The molecule has 0 amide bonds. The third kappa shape index (κ3) is 3.70. The van der Waals surface area contributed by atoms with Gasteiger partial charge >= 0.3 is 0 Å². The second-order valence-corrected chi connectivity index (χ2v) is 9.52. The van der Waals surface area contributed by atoms with E-state index in [9.17, 15) is 9.59 Å². The molecule has 2 aromatic heterocycles. The zero-order chi connectivity index (χ0) is 26.5. The van der Waals surface area contributed by atoms with Crippen LogP contribution in [-0.2, 0) is 7.05 Å². The lowest BCUT2D eigenvalue weighted by molar-refractivity contribution is 0.0990. The molecule has 0 fully saturated rings. The molecule has 1 aliphatic carbocycles. The van der Waals surface area contributed by atoms with Crippen LogP contribution in [0.25, 0.3) is 33.7 Å². The van der Waals surface area contributed by atoms with E-state index in [1.807, 2.05) is 119 Å². The van der Waals surface area contributed by atoms with E-state index in [1.165, 1.54) is 0 Å². The van der Waals surface area contributed by atoms with Crippen LogP contribution in [0.3, 0.4) is 0 Å². The summed E-state index contributed by atoms with van der Waals surface area (Å²) in [6, 6.07) is 32.9. The van der Waals surface area contributed by atoms with Gasteiger partial charge in [-0.1, -0.05) is 66.6 Å². The Labute approximate surface area is 224 Å². The van der Waals surface area contributed by atoms with Crippen molar-refractivity contribution in [2.45, 2.75) is 0 Å². The van der Waals surface area contributed by atoms with E-state index in [0.29, 0.717) is 28.3 Å². The first-order chi connectivity index (χ1) is 19.1. The van der Waals surface area contributed by atoms with Gasteiger partial charge in [-0.2, -0.15) is 0 Å². The lowest BCUT2D eigenvalue weighted by Crippen LogP contribution is -2.03. The maximum atomic E-state index is 13.5. The van der Waals surface area contributed by atoms with Crippen molar-refractivity contribution in [1.82, 2.24) is 14.1 Å². The number of para-hydroxylation sites is 1. The van der Waals surface area contributed by atoms with Crippen molar-refractivity contribution in [1.29, 1.82) is 0 Å². The summed E-state index contributed by atoms with van der Waals surface area (Å²) >= 11 is 0. The van der Waals surface area contributed by atoms with Crippen LogP contribution in [0.15, 0.2) is 109 Å². The van der Waals surface area contributed by atoms with E-state index in [-0.39, 0.29) is 17.1 Å². The molecule has 0 radical (unpaired) electrons. The Morgan fingerprint density at radius 3 is 1.95 bits per heavy atom. The van der Waals surface area contributed by atoms with E-state index >= 15 is 0 Å². The SMILES string of the molecule is Cn1c(C#Cc2ccccc2)nc2c1cc(C=C1C(=O)c3cc4ccccc4cc3C1=O)n2-c1ccccc1. The summed E-state index contributed by atoms with van der Waals surface area (Å²) in [7, 11) is 1.92. The van der Waals surface area contributed by atoms with Crippen LogP contribution in [0.1, 0.15) is 37.8 Å². The van der Waals surface area contributed by atoms with E-state index in [0.717, 1.165) is 27.5 Å². The molecular weight excluding hydrogens is 482 g/mol. The first kappa shape index (κ1) is 22.7. The van der Waals surface area contributed by atoms with Crippen molar-refractivity contribution < 1.29 is 9.59 Å². The van der Waals surface area contributed by atoms with Crippen molar-refractivity contribution in [3.63, 3.8) is 0 Å². The van der Waals surface area contributed by atoms with Gasteiger partial charge in [-0.05, 0) is 65.2 Å². The minimum atomic E-state index is -0.256. The van der Waals surface area contributed by atoms with Gasteiger partial charge in [0.15, 0.2) is 23.0 Å². The van der Waals surface area contributed by atoms with Gasteiger partial charge in [0.25, 0.3) is 0 Å². The average Bonchev–Trinajstić information content (AvgIpc) is 3.56. The summed E-state index contributed by atoms with van der Waals surface area (Å²) in [6.45, 7) is 0. The molecule has 7 rings (SSSR count). The molecule has 0 atom stereocenters. The number of hydrogen-bond donors (Lipinski definition) is 0. The van der Waals surface area contributed by atoms with E-state index in [4.69, 9.17) is 4.98 Å². The van der Waals surface area contributed by atoms with Crippen LogP contribution in [0.2, 0.25) is 0 Å². The molecule has 0 saturated heterocycles. The Morgan fingerprint density at radius 1 is 0.718 bits per heavy atom. The standard InChI is InChI=1S/C34H21N3O2/c1-36-30-21-26(20-29-32(38)27-18-23-12-8-9-13-24(23)19-28(27)33(29)39)37(25-14-6-3-7-15-25)34(30)35-31(36)17-16-22-10-4-2-5-11-22/h2-15,18-21H,1H3. The van der Waals surface area contributed by atoms with Gasteiger partial charge in [-0.15, -0.1) is 0 Å². The van der Waals surface area contributed by atoms with Crippen molar-refractivity contribution in [2.24, 2.45) is 7.05 Å². The van der Waals surface area contributed by atoms with E-state index < -0.39 is 0 Å². The number of aryl methyl sites for hydroxylation is 1. The minimum absolute atomic E-state index is 0.157. The van der Waals surface area contributed by atoms with Crippen molar-refractivity contribution in [2.75, 3.05) is 0 Å². The minimum Gasteiger partial charge on any atom is -0.319 e. The zero-order valence-electron chi connectivity index (χ0n) is 21.1. The Kier molecular flexibility index (Phi) is 5.14. The number of benzene rings is 4. The van der Waals surface area contributed by atoms with Gasteiger partial charge in [0.1, 0.15) is 0 Å². The van der Waals surface area contributed by atoms with Crippen molar-refractivity contribution in [3.05, 3.63) is 137 Å². The molecule has 6 aromatic rings. The predicted molar refractivity (Wildman–Crippen MR) is 153 cm³/mol. The van der Waals surface area contributed by atoms with Crippen molar-refractivity contribution >= 4 is 39.6 Å². The van der Waals surface area contributed by atoms with Gasteiger partial charge in [0.2, 0.25) is 0 Å². The number of nitrogens with zero attached hydrogens (tertiary/aromatic N) is 3. The summed E-state index contributed by atoms with van der Waals surface area (Å²) in [5.74, 6) is 6.47. The molecule has 184 valence electrons. The zero-order valence-corrected chi connectivity index (χ0v) is 21.1. The number of hydrogen-bond acceptors (Lipinski definition) is 3. The van der Waals surface area contributed by atoms with Gasteiger partial charge in [0.05, 0.1) is 16.8 Å². The summed E-state index contributed by atoms with van der Waals surface area (Å²) < 4.78 is 3.91. The lowest BCUT2D eigenvalue weighted by atomic mass is 10.0. The Morgan fingerprint density at radius 2 is 1.31 bits per heavy atom. The largest absolute Gasteiger partial charge is 0.319 e. The number of carbonyl (C=O) groups is 2. The number of aromatic nitrogens is 3. The van der Waals surface area contributed by atoms with Crippen LogP contribution in [0.5, 0.6) is 0 Å². The monoisotopic (exact) mass is 503 g/mol. The lowest BCUT2D eigenvalue weighted by Gasteiger charge is -2.07. The summed E-state index contributed by atoms with van der Waals surface area (Å²) in [6.07, 6.45) is 1.69. The Bertz CT molecular complexity index is 1990. The molecule has 1 aliphatic rings. The normalized spacial score (nSPS) is 12.6. The highest BCUT2D eigenvalue weighted by molar-refractivity contribution is 6.42. The van der Waals surface area contributed by atoms with Gasteiger partial charge < -0.3 is 4.57 Å². The van der Waals surface area contributed by atoms with Crippen LogP contribution in [0, 0.1) is 11.8 Å². The van der Waals surface area contributed by atoms with Gasteiger partial charge in [-0.3, -0.25) is 14.2 Å². The summed E-state index contributed by atoms with van der Waals surface area (Å²) in [4.78, 5) is 31.8. The first-order valence-electron chi connectivity index (χ1n) is 12.6. The topological polar surface area (TPSA) is 56.9 Å². The molecule has 2 heterocycles. The summed E-state index contributed by atoms with van der Waals surface area (Å²) in [5.41, 5.74) is 5.09. The smallest absolute Gasteiger partial charge is 0.197 e. The average molecular weight is 504 g/mol. The quantitative estimate of drug-likeness (QED) is 0.157. The van der Waals surface area contributed by atoms with Crippen LogP contribution in [0.4, 0.5) is 0 Å². The molecule has 4 aromatic carbocycles. The van der Waals surface area contributed by atoms with E-state index in [1.54, 1.807) is 6.08 Å². The molecular formula is C34H21N3O2. The number of fused-ring (bicyclic) bond motifs is 3. The maximum absolute atomic E-state index is 13.5. The van der Waals surface area contributed by atoms with Crippen LogP contribution in [-0.4, -0.2) is 25.7 Å². The Hall–Kier alpha value is -5.47. The molecule has 5 nitrogen and oxygen atoms in total. The van der Waals surface area contributed by atoms with Crippen LogP contribution >= 0.6 is 0 Å². The number of imidazole rings is 1. The number of Topliss-reactive ketones (excluding diaryl/α,β-unsaturated/α-hetero) is 2. The van der Waals surface area contributed by atoms with Crippen LogP contribution < -0.4 is 0 Å². The highest BCUT2D eigenvalue weighted by Crippen LogP contribution is 2.33. The second kappa shape index (κ2) is 8.83. The summed E-state index contributed by atoms with van der Waals surface area (Å²) in [5, 5.41) is 1.87. The highest BCUT2D eigenvalue weighted by atomic mass is 16.2. The molecule has 0 saturated carbocycles. The fourth-order valence-corrected chi connectivity index (χ4v) is 5.15. The highest BCUT2D eigenvalue weighted by Gasteiger charge is 2.34. The maximum Gasteiger partial charge on any atom is 0.197 e. The third-order valence-corrected chi connectivity index (χ3v) is 7.14. The first-order valence-corrected chi connectivity index (χ1v) is 12.6. The van der Waals surface area contributed by atoms with E-state index in [2.05, 4.69) is 11.8 Å². The third-order valence-electron chi connectivity index (χ3n) is 7.14. The van der Waals surface area contributed by atoms with Crippen molar-refractivity contribution in [3.8, 4) is 17.5 Å². The fraction of sp³-hybridized carbons (Fsp3) is 0.0294. The van der Waals surface area contributed by atoms with Gasteiger partial charge in [0, 0.05) is 29.4 Å².